The Morgan fingerprint density at radius 3 is 2.21 bits per heavy atom. The molecule has 0 heterocycles. The summed E-state index contributed by atoms with van der Waals surface area (Å²) in [6.45, 7) is 1.63. The van der Waals surface area contributed by atoms with Gasteiger partial charge < -0.3 is 0 Å². The molecule has 6 nitrogen and oxygen atoms in total. The molecule has 0 amide bonds. The predicted molar refractivity (Wildman–Crippen MR) is 92.9 cm³/mol. The van der Waals surface area contributed by atoms with E-state index >= 15 is 0 Å². The molecule has 1 atom stereocenters. The quantitative estimate of drug-likeness (QED) is 0.565. The fraction of sp³-hybridized carbons (Fsp3) is 0.200. The van der Waals surface area contributed by atoms with Gasteiger partial charge in [-0.05, 0) is 24.6 Å². The van der Waals surface area contributed by atoms with Crippen LogP contribution in [0.25, 0.3) is 0 Å². The molecule has 9 heteroatoms. The van der Waals surface area contributed by atoms with Gasteiger partial charge in [0.15, 0.2) is 0 Å². The molecule has 0 bridgehead atoms. The maximum absolute atomic E-state index is 12.8. The molecular formula is C15H14Cl2N2O4S. The third-order valence-corrected chi connectivity index (χ3v) is 6.55. The molecular weight excluding hydrogens is 375 g/mol. The van der Waals surface area contributed by atoms with E-state index < -0.39 is 21.0 Å². The minimum Gasteiger partial charge on any atom is -0.258 e. The predicted octanol–water partition coefficient (Wildman–Crippen LogP) is 4.28. The van der Waals surface area contributed by atoms with Crippen molar-refractivity contribution in [3.63, 3.8) is 0 Å². The van der Waals surface area contributed by atoms with Crippen LogP contribution in [0.4, 0.5) is 5.69 Å². The second-order valence-corrected chi connectivity index (χ2v) is 7.85. The molecule has 2 aromatic rings. The Morgan fingerprint density at radius 2 is 1.67 bits per heavy atom. The molecule has 0 aliphatic heterocycles. The molecule has 0 N–H and O–H groups in total. The summed E-state index contributed by atoms with van der Waals surface area (Å²) in [6, 6.07) is 9.58. The van der Waals surface area contributed by atoms with E-state index in [1.807, 2.05) is 0 Å². The minimum atomic E-state index is -3.98. The lowest BCUT2D eigenvalue weighted by molar-refractivity contribution is -0.384. The first-order valence-electron chi connectivity index (χ1n) is 6.82. The van der Waals surface area contributed by atoms with Gasteiger partial charge in [0.25, 0.3) is 5.69 Å². The lowest BCUT2D eigenvalue weighted by Crippen LogP contribution is -2.30. The van der Waals surface area contributed by atoms with Crippen LogP contribution in [0.5, 0.6) is 0 Å². The van der Waals surface area contributed by atoms with Crippen molar-refractivity contribution in [1.82, 2.24) is 4.31 Å². The summed E-state index contributed by atoms with van der Waals surface area (Å²) in [5.74, 6) is 0. The maximum Gasteiger partial charge on any atom is 0.269 e. The van der Waals surface area contributed by atoms with E-state index in [1.54, 1.807) is 19.1 Å². The zero-order valence-electron chi connectivity index (χ0n) is 12.8. The van der Waals surface area contributed by atoms with Crippen molar-refractivity contribution in [3.05, 3.63) is 68.2 Å². The van der Waals surface area contributed by atoms with Gasteiger partial charge in [0.05, 0.1) is 15.0 Å². The molecule has 0 aromatic heterocycles. The van der Waals surface area contributed by atoms with Crippen molar-refractivity contribution in [3.8, 4) is 0 Å². The highest BCUT2D eigenvalue weighted by Crippen LogP contribution is 2.34. The highest BCUT2D eigenvalue weighted by Gasteiger charge is 2.30. The van der Waals surface area contributed by atoms with Crippen LogP contribution in [0.3, 0.4) is 0 Å². The summed E-state index contributed by atoms with van der Waals surface area (Å²) in [7, 11) is -2.61. The number of hydrogen-bond donors (Lipinski definition) is 0. The Kier molecular flexibility index (Phi) is 5.49. The Labute approximate surface area is 149 Å². The number of sulfonamides is 1. The molecule has 2 rings (SSSR count). The van der Waals surface area contributed by atoms with E-state index in [0.29, 0.717) is 5.56 Å². The Balaban J connectivity index is 2.45. The lowest BCUT2D eigenvalue weighted by Gasteiger charge is -2.25. The summed E-state index contributed by atoms with van der Waals surface area (Å²) in [5.41, 5.74) is 0.374. The molecule has 0 aliphatic rings. The number of nitrogens with zero attached hydrogens (tertiary/aromatic N) is 2. The molecule has 0 radical (unpaired) electrons. The van der Waals surface area contributed by atoms with E-state index in [1.165, 1.54) is 37.4 Å². The number of rotatable bonds is 5. The van der Waals surface area contributed by atoms with Crippen LogP contribution < -0.4 is 0 Å². The van der Waals surface area contributed by atoms with Crippen LogP contribution in [-0.4, -0.2) is 24.7 Å². The van der Waals surface area contributed by atoms with Crippen LogP contribution in [0.1, 0.15) is 18.5 Å². The van der Waals surface area contributed by atoms with E-state index in [9.17, 15) is 18.5 Å². The molecule has 1 unspecified atom stereocenters. The van der Waals surface area contributed by atoms with Crippen molar-refractivity contribution in [2.24, 2.45) is 0 Å². The third-order valence-electron chi connectivity index (χ3n) is 3.66. The third kappa shape index (κ3) is 3.54. The first-order valence-corrected chi connectivity index (χ1v) is 9.02. The van der Waals surface area contributed by atoms with Gasteiger partial charge in [-0.3, -0.25) is 10.1 Å². The fourth-order valence-electron chi connectivity index (χ4n) is 2.19. The minimum absolute atomic E-state index is 0.0144. The second-order valence-electron chi connectivity index (χ2n) is 5.10. The standard InChI is InChI=1S/C15H14Cl2N2O4S/c1-10(11-5-3-6-12(9-11)19(20)21)18(2)24(22,23)15-13(16)7-4-8-14(15)17/h3-10H,1-2H3. The van der Waals surface area contributed by atoms with Crippen molar-refractivity contribution in [2.75, 3.05) is 7.05 Å². The molecule has 0 saturated carbocycles. The van der Waals surface area contributed by atoms with Gasteiger partial charge in [0, 0.05) is 25.2 Å². The largest absolute Gasteiger partial charge is 0.269 e. The van der Waals surface area contributed by atoms with Crippen LogP contribution in [0.15, 0.2) is 47.4 Å². The fourth-order valence-corrected chi connectivity index (χ4v) is 4.63. The normalized spacial score (nSPS) is 13.0. The van der Waals surface area contributed by atoms with Gasteiger partial charge in [-0.1, -0.05) is 41.4 Å². The maximum atomic E-state index is 12.8. The van der Waals surface area contributed by atoms with Crippen LogP contribution >= 0.6 is 23.2 Å². The Bertz CT molecular complexity index is 867. The lowest BCUT2D eigenvalue weighted by atomic mass is 10.1. The van der Waals surface area contributed by atoms with Gasteiger partial charge in [-0.15, -0.1) is 0 Å². The number of benzene rings is 2. The first-order chi connectivity index (χ1) is 11.2. The van der Waals surface area contributed by atoms with E-state index in [0.717, 1.165) is 4.31 Å². The smallest absolute Gasteiger partial charge is 0.258 e. The van der Waals surface area contributed by atoms with Gasteiger partial charge in [-0.25, -0.2) is 8.42 Å². The molecule has 0 fully saturated rings. The second kappa shape index (κ2) is 7.06. The molecule has 128 valence electrons. The summed E-state index contributed by atoms with van der Waals surface area (Å²) in [4.78, 5) is 10.2. The molecule has 0 spiro atoms. The van der Waals surface area contributed by atoms with Gasteiger partial charge in [0.1, 0.15) is 4.90 Å². The highest BCUT2D eigenvalue weighted by molar-refractivity contribution is 7.89. The molecule has 0 saturated heterocycles. The molecule has 0 aliphatic carbocycles. The van der Waals surface area contributed by atoms with Crippen molar-refractivity contribution in [2.45, 2.75) is 17.9 Å². The number of hydrogen-bond acceptors (Lipinski definition) is 4. The average Bonchev–Trinajstić information content (AvgIpc) is 2.53. The topological polar surface area (TPSA) is 80.5 Å². The summed E-state index contributed by atoms with van der Waals surface area (Å²) in [6.07, 6.45) is 0. The molecule has 24 heavy (non-hydrogen) atoms. The average molecular weight is 389 g/mol. The van der Waals surface area contributed by atoms with Gasteiger partial charge >= 0.3 is 0 Å². The van der Waals surface area contributed by atoms with Crippen LogP contribution in [0.2, 0.25) is 10.0 Å². The van der Waals surface area contributed by atoms with E-state index in [4.69, 9.17) is 23.2 Å². The monoisotopic (exact) mass is 388 g/mol. The molecule has 2 aromatic carbocycles. The van der Waals surface area contributed by atoms with Crippen molar-refractivity contribution >= 4 is 38.9 Å². The summed E-state index contributed by atoms with van der Waals surface area (Å²) >= 11 is 12.0. The van der Waals surface area contributed by atoms with Gasteiger partial charge in [0.2, 0.25) is 10.0 Å². The number of halogens is 2. The van der Waals surface area contributed by atoms with Crippen LogP contribution in [0, 0.1) is 10.1 Å². The van der Waals surface area contributed by atoms with Crippen molar-refractivity contribution in [1.29, 1.82) is 0 Å². The SMILES string of the molecule is CC(c1cccc([N+](=O)[O-])c1)N(C)S(=O)(=O)c1c(Cl)cccc1Cl. The zero-order valence-corrected chi connectivity index (χ0v) is 15.1. The van der Waals surface area contributed by atoms with Crippen molar-refractivity contribution < 1.29 is 13.3 Å². The summed E-state index contributed by atoms with van der Waals surface area (Å²) < 4.78 is 26.7. The zero-order chi connectivity index (χ0) is 18.1. The first kappa shape index (κ1) is 18.7. The Hall–Kier alpha value is -1.67. The number of non-ortho nitro benzene ring substituents is 1. The van der Waals surface area contributed by atoms with Gasteiger partial charge in [-0.2, -0.15) is 4.31 Å². The number of nitro groups is 1. The highest BCUT2D eigenvalue weighted by atomic mass is 35.5. The van der Waals surface area contributed by atoms with E-state index in [-0.39, 0.29) is 20.6 Å². The number of nitro benzene ring substituents is 1. The van der Waals surface area contributed by atoms with E-state index in [2.05, 4.69) is 0 Å². The van der Waals surface area contributed by atoms with Crippen LogP contribution in [-0.2, 0) is 10.0 Å². The Morgan fingerprint density at radius 1 is 1.12 bits per heavy atom. The summed E-state index contributed by atoms with van der Waals surface area (Å²) in [5, 5.41) is 10.9.